The van der Waals surface area contributed by atoms with E-state index in [1.54, 1.807) is 0 Å². The highest BCUT2D eigenvalue weighted by molar-refractivity contribution is 7.09. The third kappa shape index (κ3) is 4.21. The van der Waals surface area contributed by atoms with E-state index in [1.807, 2.05) is 35.6 Å². The van der Waals surface area contributed by atoms with Crippen molar-refractivity contribution >= 4 is 34.5 Å². The van der Waals surface area contributed by atoms with Crippen molar-refractivity contribution in [3.05, 3.63) is 64.9 Å². The molecule has 1 heterocycles. The second kappa shape index (κ2) is 8.03. The molecule has 0 aliphatic carbocycles. The average Bonchev–Trinajstić information content (AvgIpc) is 3.00. The van der Waals surface area contributed by atoms with Crippen LogP contribution in [0.5, 0.6) is 5.75 Å². The molecule has 2 nitrogen and oxygen atoms in total. The number of benzene rings is 2. The summed E-state index contributed by atoms with van der Waals surface area (Å²) in [5.41, 5.74) is 3.06. The predicted molar refractivity (Wildman–Crippen MR) is 92.5 cm³/mol. The van der Waals surface area contributed by atoms with Crippen LogP contribution in [0.15, 0.2) is 60.0 Å². The van der Waals surface area contributed by atoms with Crippen molar-refractivity contribution in [3.8, 4) is 5.75 Å². The van der Waals surface area contributed by atoms with Crippen molar-refractivity contribution in [2.45, 2.75) is 12.8 Å². The standard InChI is InChI=1S/C17H17NOS.ClH/c1-2-10-16-14(6-1)7-3-11-17(16)19-18-12-4-8-15-9-5-13-20-15;/h1-3,5-7,9-11,13,18H,4,8,12H2;1H. The van der Waals surface area contributed by atoms with Gasteiger partial charge < -0.3 is 4.84 Å². The molecule has 2 aromatic carbocycles. The number of rotatable bonds is 6. The Morgan fingerprint density at radius 1 is 0.952 bits per heavy atom. The summed E-state index contributed by atoms with van der Waals surface area (Å²) in [7, 11) is 0. The van der Waals surface area contributed by atoms with Gasteiger partial charge in [-0.1, -0.05) is 42.5 Å². The minimum absolute atomic E-state index is 0. The van der Waals surface area contributed by atoms with Crippen LogP contribution < -0.4 is 10.3 Å². The second-order valence-corrected chi connectivity index (χ2v) is 5.69. The molecule has 0 aliphatic heterocycles. The van der Waals surface area contributed by atoms with Crippen LogP contribution in [0.2, 0.25) is 0 Å². The molecule has 3 rings (SSSR count). The quantitative estimate of drug-likeness (QED) is 0.518. The van der Waals surface area contributed by atoms with Crippen LogP contribution in [-0.2, 0) is 6.42 Å². The van der Waals surface area contributed by atoms with Gasteiger partial charge in [-0.3, -0.25) is 0 Å². The molecule has 1 aromatic heterocycles. The van der Waals surface area contributed by atoms with Gasteiger partial charge in [0.15, 0.2) is 5.75 Å². The molecule has 0 saturated heterocycles. The number of hydrogen-bond donors (Lipinski definition) is 1. The number of halogens is 1. The fourth-order valence-electron chi connectivity index (χ4n) is 2.20. The highest BCUT2D eigenvalue weighted by Gasteiger charge is 2.01. The van der Waals surface area contributed by atoms with Gasteiger partial charge in [-0.15, -0.1) is 23.7 Å². The van der Waals surface area contributed by atoms with Crippen molar-refractivity contribution in [2.75, 3.05) is 6.54 Å². The molecule has 0 saturated carbocycles. The van der Waals surface area contributed by atoms with E-state index in [1.165, 1.54) is 10.3 Å². The number of hydroxylamine groups is 1. The Labute approximate surface area is 135 Å². The maximum atomic E-state index is 5.69. The van der Waals surface area contributed by atoms with Crippen molar-refractivity contribution in [2.24, 2.45) is 0 Å². The Hall–Kier alpha value is -1.55. The third-order valence-corrected chi connectivity index (χ3v) is 4.15. The van der Waals surface area contributed by atoms with Gasteiger partial charge in [-0.25, -0.2) is 0 Å². The summed E-state index contributed by atoms with van der Waals surface area (Å²) in [6.07, 6.45) is 2.18. The molecule has 0 radical (unpaired) electrons. The maximum absolute atomic E-state index is 5.69. The molecule has 3 aromatic rings. The van der Waals surface area contributed by atoms with E-state index in [-0.39, 0.29) is 12.4 Å². The highest BCUT2D eigenvalue weighted by Crippen LogP contribution is 2.24. The summed E-state index contributed by atoms with van der Waals surface area (Å²) >= 11 is 1.81. The largest absolute Gasteiger partial charge is 0.408 e. The van der Waals surface area contributed by atoms with Crippen molar-refractivity contribution < 1.29 is 4.84 Å². The van der Waals surface area contributed by atoms with Crippen molar-refractivity contribution in [1.29, 1.82) is 0 Å². The Balaban J connectivity index is 0.00000161. The first-order valence-electron chi connectivity index (χ1n) is 6.83. The molecule has 0 atom stereocenters. The topological polar surface area (TPSA) is 21.3 Å². The molecule has 1 N–H and O–H groups in total. The monoisotopic (exact) mass is 319 g/mol. The first-order chi connectivity index (χ1) is 9.93. The molecular weight excluding hydrogens is 302 g/mol. The van der Waals surface area contributed by atoms with E-state index in [9.17, 15) is 0 Å². The number of aryl methyl sites for hydroxylation is 1. The zero-order valence-corrected chi connectivity index (χ0v) is 13.3. The Bertz CT molecular complexity index is 664. The van der Waals surface area contributed by atoms with Gasteiger partial charge in [-0.2, -0.15) is 5.48 Å². The molecule has 0 fully saturated rings. The zero-order chi connectivity index (χ0) is 13.6. The lowest BCUT2D eigenvalue weighted by atomic mass is 10.1. The molecule has 4 heteroatoms. The van der Waals surface area contributed by atoms with E-state index in [4.69, 9.17) is 4.84 Å². The van der Waals surface area contributed by atoms with Gasteiger partial charge in [-0.05, 0) is 35.7 Å². The Morgan fingerprint density at radius 2 is 1.81 bits per heavy atom. The lowest BCUT2D eigenvalue weighted by Crippen LogP contribution is -2.20. The van der Waals surface area contributed by atoms with E-state index < -0.39 is 0 Å². The van der Waals surface area contributed by atoms with Gasteiger partial charge in [0.05, 0.1) is 0 Å². The number of fused-ring (bicyclic) bond motifs is 1. The summed E-state index contributed by atoms with van der Waals surface area (Å²) in [6.45, 7) is 0.848. The van der Waals surface area contributed by atoms with Crippen LogP contribution in [0.1, 0.15) is 11.3 Å². The van der Waals surface area contributed by atoms with Gasteiger partial charge in [0.2, 0.25) is 0 Å². The molecule has 0 amide bonds. The van der Waals surface area contributed by atoms with Crippen LogP contribution in [0.4, 0.5) is 0 Å². The molecule has 110 valence electrons. The highest BCUT2D eigenvalue weighted by atomic mass is 35.5. The van der Waals surface area contributed by atoms with Crippen molar-refractivity contribution in [3.63, 3.8) is 0 Å². The summed E-state index contributed by atoms with van der Waals surface area (Å²) in [5, 5.41) is 4.46. The van der Waals surface area contributed by atoms with Gasteiger partial charge >= 0.3 is 0 Å². The summed E-state index contributed by atoms with van der Waals surface area (Å²) in [6, 6.07) is 18.6. The smallest absolute Gasteiger partial charge is 0.154 e. The summed E-state index contributed by atoms with van der Waals surface area (Å²) < 4.78 is 0. The van der Waals surface area contributed by atoms with Gasteiger partial charge in [0.25, 0.3) is 0 Å². The second-order valence-electron chi connectivity index (χ2n) is 4.66. The Morgan fingerprint density at radius 3 is 2.67 bits per heavy atom. The number of nitrogens with one attached hydrogen (secondary N) is 1. The van der Waals surface area contributed by atoms with Crippen LogP contribution >= 0.6 is 23.7 Å². The van der Waals surface area contributed by atoms with E-state index in [0.717, 1.165) is 30.5 Å². The van der Waals surface area contributed by atoms with Crippen molar-refractivity contribution in [1.82, 2.24) is 5.48 Å². The lowest BCUT2D eigenvalue weighted by molar-refractivity contribution is 0.197. The molecule has 0 unspecified atom stereocenters. The van der Waals surface area contributed by atoms with Gasteiger partial charge in [0.1, 0.15) is 0 Å². The van der Waals surface area contributed by atoms with E-state index in [0.29, 0.717) is 0 Å². The maximum Gasteiger partial charge on any atom is 0.154 e. The lowest BCUT2D eigenvalue weighted by Gasteiger charge is -2.09. The Kier molecular flexibility index (Phi) is 6.05. The number of thiophene rings is 1. The van der Waals surface area contributed by atoms with E-state index in [2.05, 4.69) is 41.2 Å². The molecule has 0 spiro atoms. The van der Waals surface area contributed by atoms with Crippen LogP contribution in [0.3, 0.4) is 0 Å². The average molecular weight is 320 g/mol. The normalized spacial score (nSPS) is 10.3. The SMILES string of the molecule is Cl.c1csc(CCCNOc2cccc3ccccc23)c1. The number of hydrogen-bond acceptors (Lipinski definition) is 3. The molecule has 0 aliphatic rings. The minimum Gasteiger partial charge on any atom is -0.408 e. The molecule has 0 bridgehead atoms. The summed E-state index contributed by atoms with van der Waals surface area (Å²) in [5.74, 6) is 0.888. The fourth-order valence-corrected chi connectivity index (χ4v) is 2.95. The molecule has 21 heavy (non-hydrogen) atoms. The molecular formula is C17H18ClNOS. The predicted octanol–water partition coefficient (Wildman–Crippen LogP) is 4.84. The first kappa shape index (κ1) is 15.8. The van der Waals surface area contributed by atoms with Crippen LogP contribution in [-0.4, -0.2) is 6.54 Å². The van der Waals surface area contributed by atoms with Gasteiger partial charge in [0, 0.05) is 16.8 Å². The van der Waals surface area contributed by atoms with Crippen LogP contribution in [0.25, 0.3) is 10.8 Å². The first-order valence-corrected chi connectivity index (χ1v) is 7.71. The third-order valence-electron chi connectivity index (χ3n) is 3.21. The minimum atomic E-state index is 0. The van der Waals surface area contributed by atoms with E-state index >= 15 is 0 Å². The van der Waals surface area contributed by atoms with Crippen LogP contribution in [0, 0.1) is 0 Å². The fraction of sp³-hybridized carbons (Fsp3) is 0.176. The summed E-state index contributed by atoms with van der Waals surface area (Å²) in [4.78, 5) is 7.12. The zero-order valence-electron chi connectivity index (χ0n) is 11.6.